The summed E-state index contributed by atoms with van der Waals surface area (Å²) in [6.45, 7) is 0.887. The molecule has 2 heterocycles. The molecule has 2 N–H and O–H groups in total. The molecule has 2 unspecified atom stereocenters. The monoisotopic (exact) mass is 442 g/mol. The molecule has 1 aliphatic heterocycles. The van der Waals surface area contributed by atoms with E-state index in [9.17, 15) is 4.21 Å². The zero-order valence-electron chi connectivity index (χ0n) is 15.1. The topological polar surface area (TPSA) is 44.9 Å². The number of H-pyrrole nitrogens is 1. The maximum Gasteiger partial charge on any atom is 0.0601 e. The number of para-hydroxylation sites is 1. The van der Waals surface area contributed by atoms with Gasteiger partial charge in [-0.05, 0) is 51.5 Å². The van der Waals surface area contributed by atoms with Gasteiger partial charge in [0.2, 0.25) is 0 Å². The minimum absolute atomic E-state index is 0.395. The first kappa shape index (κ1) is 18.7. The molecule has 2 atom stereocenters. The number of aromatic nitrogens is 1. The maximum atomic E-state index is 12.7. The lowest BCUT2D eigenvalue weighted by Gasteiger charge is -2.24. The van der Waals surface area contributed by atoms with E-state index in [1.165, 1.54) is 11.1 Å². The van der Waals surface area contributed by atoms with E-state index in [-0.39, 0.29) is 0 Å². The van der Waals surface area contributed by atoms with Gasteiger partial charge in [-0.15, -0.1) is 0 Å². The van der Waals surface area contributed by atoms with Gasteiger partial charge in [0.15, 0.2) is 0 Å². The Morgan fingerprint density at radius 1 is 1.11 bits per heavy atom. The standard InChI is InChI=1S/C22H23BrN2OS/c23-21-8-4-7-20-18(14-25-22(20)21)15-27(26)12-10-19-13-17(9-11-24-19)16-5-2-1-3-6-16/h1-9,14,19,24-25H,10-13,15H2. The molecule has 0 fully saturated rings. The fourth-order valence-corrected chi connectivity index (χ4v) is 5.43. The first-order valence-corrected chi connectivity index (χ1v) is 11.6. The van der Waals surface area contributed by atoms with E-state index >= 15 is 0 Å². The predicted octanol–water partition coefficient (Wildman–Crippen LogP) is 5.01. The number of benzene rings is 2. The van der Waals surface area contributed by atoms with Gasteiger partial charge in [0.05, 0.1) is 11.3 Å². The summed E-state index contributed by atoms with van der Waals surface area (Å²) < 4.78 is 13.7. The summed E-state index contributed by atoms with van der Waals surface area (Å²) in [6, 6.07) is 17.1. The molecule has 2 aromatic carbocycles. The van der Waals surface area contributed by atoms with Crippen LogP contribution >= 0.6 is 15.9 Å². The number of hydrogen-bond donors (Lipinski definition) is 2. The summed E-state index contributed by atoms with van der Waals surface area (Å²) >= 11 is 3.56. The van der Waals surface area contributed by atoms with Gasteiger partial charge in [0.25, 0.3) is 0 Å². The van der Waals surface area contributed by atoms with Gasteiger partial charge < -0.3 is 10.3 Å². The van der Waals surface area contributed by atoms with E-state index in [0.717, 1.165) is 46.1 Å². The first-order chi connectivity index (χ1) is 13.2. The Bertz CT molecular complexity index is 980. The fraction of sp³-hybridized carbons (Fsp3) is 0.273. The lowest BCUT2D eigenvalue weighted by atomic mass is 9.94. The van der Waals surface area contributed by atoms with Crippen molar-refractivity contribution in [3.05, 3.63) is 76.4 Å². The fourth-order valence-electron chi connectivity index (χ4n) is 3.68. The van der Waals surface area contributed by atoms with E-state index in [1.54, 1.807) is 0 Å². The van der Waals surface area contributed by atoms with Crippen molar-refractivity contribution in [3.8, 4) is 0 Å². The van der Waals surface area contributed by atoms with Crippen LogP contribution in [-0.2, 0) is 16.6 Å². The average molecular weight is 443 g/mol. The molecule has 0 spiro atoms. The molecule has 4 rings (SSSR count). The molecule has 3 aromatic rings. The normalized spacial score (nSPS) is 18.4. The van der Waals surface area contributed by atoms with Crippen LogP contribution in [0.5, 0.6) is 0 Å². The second kappa shape index (κ2) is 8.55. The van der Waals surface area contributed by atoms with Gasteiger partial charge in [-0.25, -0.2) is 0 Å². The Hall–Kier alpha value is -1.69. The zero-order chi connectivity index (χ0) is 18.6. The average Bonchev–Trinajstić information content (AvgIpc) is 3.11. The van der Waals surface area contributed by atoms with Gasteiger partial charge in [-0.2, -0.15) is 0 Å². The molecule has 0 amide bonds. The number of halogens is 1. The van der Waals surface area contributed by atoms with Crippen molar-refractivity contribution < 1.29 is 4.21 Å². The summed E-state index contributed by atoms with van der Waals surface area (Å²) in [7, 11) is -0.864. The Balaban J connectivity index is 1.34. The number of nitrogens with one attached hydrogen (secondary N) is 2. The van der Waals surface area contributed by atoms with Gasteiger partial charge in [0, 0.05) is 45.2 Å². The zero-order valence-corrected chi connectivity index (χ0v) is 17.5. The van der Waals surface area contributed by atoms with Gasteiger partial charge in [-0.3, -0.25) is 4.21 Å². The molecule has 140 valence electrons. The van der Waals surface area contributed by atoms with Crippen LogP contribution < -0.4 is 5.32 Å². The number of rotatable bonds is 6. The molecule has 0 saturated carbocycles. The minimum Gasteiger partial charge on any atom is -0.360 e. The Labute approximate surface area is 170 Å². The Morgan fingerprint density at radius 3 is 2.81 bits per heavy atom. The minimum atomic E-state index is -0.864. The van der Waals surface area contributed by atoms with Crippen molar-refractivity contribution >= 4 is 43.2 Å². The highest BCUT2D eigenvalue weighted by Crippen LogP contribution is 2.27. The Kier molecular flexibility index (Phi) is 5.91. The molecular formula is C22H23BrN2OS. The second-order valence-corrected chi connectivity index (χ2v) is 9.39. The van der Waals surface area contributed by atoms with E-state index in [0.29, 0.717) is 11.8 Å². The van der Waals surface area contributed by atoms with E-state index in [1.807, 2.05) is 18.3 Å². The van der Waals surface area contributed by atoms with Crippen molar-refractivity contribution in [2.45, 2.75) is 24.6 Å². The van der Waals surface area contributed by atoms with Crippen LogP contribution in [0.3, 0.4) is 0 Å². The lowest BCUT2D eigenvalue weighted by molar-refractivity contribution is 0.522. The van der Waals surface area contributed by atoms with Gasteiger partial charge in [-0.1, -0.05) is 48.5 Å². The lowest BCUT2D eigenvalue weighted by Crippen LogP contribution is -2.34. The second-order valence-electron chi connectivity index (χ2n) is 6.96. The van der Waals surface area contributed by atoms with Gasteiger partial charge >= 0.3 is 0 Å². The van der Waals surface area contributed by atoms with Crippen molar-refractivity contribution in [3.63, 3.8) is 0 Å². The SMILES string of the molecule is O=S(CCC1CC(c2ccccc2)=CCN1)Cc1c[nH]c2c(Br)cccc12. The first-order valence-electron chi connectivity index (χ1n) is 9.28. The molecule has 5 heteroatoms. The molecule has 0 radical (unpaired) electrons. The third-order valence-electron chi connectivity index (χ3n) is 5.13. The molecule has 27 heavy (non-hydrogen) atoms. The largest absolute Gasteiger partial charge is 0.360 e. The third kappa shape index (κ3) is 4.42. The third-order valence-corrected chi connectivity index (χ3v) is 7.11. The smallest absolute Gasteiger partial charge is 0.0601 e. The molecule has 0 aliphatic carbocycles. The highest BCUT2D eigenvalue weighted by molar-refractivity contribution is 9.10. The highest BCUT2D eigenvalue weighted by atomic mass is 79.9. The van der Waals surface area contributed by atoms with Crippen LogP contribution in [0.25, 0.3) is 16.5 Å². The molecular weight excluding hydrogens is 420 g/mol. The summed E-state index contributed by atoms with van der Waals surface area (Å²) in [5, 5.41) is 4.70. The molecule has 1 aromatic heterocycles. The maximum absolute atomic E-state index is 12.7. The van der Waals surface area contributed by atoms with Crippen LogP contribution in [0.15, 0.2) is 65.3 Å². The molecule has 3 nitrogen and oxygen atoms in total. The summed E-state index contributed by atoms with van der Waals surface area (Å²) in [5.74, 6) is 1.32. The number of aromatic amines is 1. The van der Waals surface area contributed by atoms with E-state index in [4.69, 9.17) is 0 Å². The molecule has 0 saturated heterocycles. The van der Waals surface area contributed by atoms with Crippen LogP contribution in [0.4, 0.5) is 0 Å². The Morgan fingerprint density at radius 2 is 1.96 bits per heavy atom. The highest BCUT2D eigenvalue weighted by Gasteiger charge is 2.17. The van der Waals surface area contributed by atoms with Crippen LogP contribution in [-0.4, -0.2) is 27.5 Å². The molecule has 0 bridgehead atoms. The van der Waals surface area contributed by atoms with Crippen molar-refractivity contribution in [2.75, 3.05) is 12.3 Å². The van der Waals surface area contributed by atoms with Crippen LogP contribution in [0.1, 0.15) is 24.0 Å². The van der Waals surface area contributed by atoms with Crippen molar-refractivity contribution in [1.29, 1.82) is 0 Å². The number of hydrogen-bond acceptors (Lipinski definition) is 2. The number of fused-ring (bicyclic) bond motifs is 1. The van der Waals surface area contributed by atoms with Crippen LogP contribution in [0.2, 0.25) is 0 Å². The quantitative estimate of drug-likeness (QED) is 0.562. The van der Waals surface area contributed by atoms with Crippen LogP contribution in [0, 0.1) is 0 Å². The van der Waals surface area contributed by atoms with Gasteiger partial charge in [0.1, 0.15) is 0 Å². The van der Waals surface area contributed by atoms with Crippen molar-refractivity contribution in [2.24, 2.45) is 0 Å². The van der Waals surface area contributed by atoms with Crippen molar-refractivity contribution in [1.82, 2.24) is 10.3 Å². The molecule has 1 aliphatic rings. The predicted molar refractivity (Wildman–Crippen MR) is 118 cm³/mol. The summed E-state index contributed by atoms with van der Waals surface area (Å²) in [6.07, 6.45) is 6.19. The summed E-state index contributed by atoms with van der Waals surface area (Å²) in [5.41, 5.74) is 4.91. The van der Waals surface area contributed by atoms with E-state index < -0.39 is 10.8 Å². The summed E-state index contributed by atoms with van der Waals surface area (Å²) in [4.78, 5) is 3.29. The van der Waals surface area contributed by atoms with E-state index in [2.05, 4.69) is 68.7 Å².